The van der Waals surface area contributed by atoms with E-state index >= 15 is 0 Å². The summed E-state index contributed by atoms with van der Waals surface area (Å²) in [5.41, 5.74) is 0. The van der Waals surface area contributed by atoms with Crippen LogP contribution in [0.2, 0.25) is 0 Å². The fourth-order valence-electron chi connectivity index (χ4n) is 2.22. The summed E-state index contributed by atoms with van der Waals surface area (Å²) in [5.74, 6) is -0.765. The third-order valence-corrected chi connectivity index (χ3v) is 3.39. The van der Waals surface area contributed by atoms with E-state index in [4.69, 9.17) is 19.8 Å². The molecule has 0 aliphatic carbocycles. The molecule has 0 spiro atoms. The second kappa shape index (κ2) is 24.2. The van der Waals surface area contributed by atoms with Gasteiger partial charge in [-0.1, -0.05) is 97.8 Å². The Kier molecular flexibility index (Phi) is 28.0. The number of carbonyl (C=O) groups is 2. The minimum atomic E-state index is -0.833. The van der Waals surface area contributed by atoms with Crippen LogP contribution in [0.15, 0.2) is 0 Å². The Balaban J connectivity index is -0.000000457. The molecule has 4 nitrogen and oxygen atoms in total. The number of rotatable bonds is 12. The second-order valence-electron chi connectivity index (χ2n) is 6.76. The molecular weight excluding hydrogens is 304 g/mol. The van der Waals surface area contributed by atoms with Gasteiger partial charge in [0.15, 0.2) is 0 Å². The first-order chi connectivity index (χ1) is 11.2. The summed E-state index contributed by atoms with van der Waals surface area (Å²) in [5, 5.41) is 14.8. The van der Waals surface area contributed by atoms with E-state index in [1.807, 2.05) is 0 Å². The van der Waals surface area contributed by atoms with Crippen LogP contribution in [-0.4, -0.2) is 22.2 Å². The zero-order valence-electron chi connectivity index (χ0n) is 16.8. The largest absolute Gasteiger partial charge is 0.481 e. The predicted octanol–water partition coefficient (Wildman–Crippen LogP) is 6.53. The van der Waals surface area contributed by atoms with Crippen LogP contribution >= 0.6 is 0 Å². The van der Waals surface area contributed by atoms with E-state index in [1.54, 1.807) is 0 Å². The summed E-state index contributed by atoms with van der Waals surface area (Å²) in [6, 6.07) is 0. The molecule has 0 saturated heterocycles. The molecule has 0 amide bonds. The number of unbranched alkanes of at least 4 members (excludes halogenated alkanes) is 10. The standard InChI is InChI=1S/C16H34.2C2H4O2/c1-4-5-6-7-8-9-10-11-12-13-14-15-16(2)3;2*1-2(3)4/h16H,4-15H2,1-3H3;2*1H3,(H,3,4). The fraction of sp³-hybridized carbons (Fsp3) is 0.900. The van der Waals surface area contributed by atoms with Gasteiger partial charge in [-0.15, -0.1) is 0 Å². The van der Waals surface area contributed by atoms with Gasteiger partial charge in [-0.3, -0.25) is 9.59 Å². The van der Waals surface area contributed by atoms with Crippen LogP contribution in [0.1, 0.15) is 112 Å². The van der Waals surface area contributed by atoms with Crippen molar-refractivity contribution in [1.29, 1.82) is 0 Å². The number of carboxylic acid groups (broad SMARTS) is 2. The predicted molar refractivity (Wildman–Crippen MR) is 103 cm³/mol. The monoisotopic (exact) mass is 346 g/mol. The van der Waals surface area contributed by atoms with Gasteiger partial charge < -0.3 is 10.2 Å². The topological polar surface area (TPSA) is 74.6 Å². The van der Waals surface area contributed by atoms with E-state index in [1.165, 1.54) is 77.0 Å². The van der Waals surface area contributed by atoms with Gasteiger partial charge in [-0.05, 0) is 5.92 Å². The van der Waals surface area contributed by atoms with Gasteiger partial charge in [-0.2, -0.15) is 0 Å². The maximum atomic E-state index is 9.00. The highest BCUT2D eigenvalue weighted by Crippen LogP contribution is 2.13. The van der Waals surface area contributed by atoms with Crippen molar-refractivity contribution in [3.8, 4) is 0 Å². The van der Waals surface area contributed by atoms with Crippen LogP contribution in [0.25, 0.3) is 0 Å². The SMILES string of the molecule is CC(=O)O.CC(=O)O.CCCCCCCCCCCCCC(C)C. The molecule has 0 aromatic carbocycles. The minimum Gasteiger partial charge on any atom is -0.481 e. The fourth-order valence-corrected chi connectivity index (χ4v) is 2.22. The molecule has 0 saturated carbocycles. The lowest BCUT2D eigenvalue weighted by Crippen LogP contribution is -1.87. The maximum Gasteiger partial charge on any atom is 0.300 e. The molecule has 24 heavy (non-hydrogen) atoms. The quantitative estimate of drug-likeness (QED) is 0.394. The normalized spacial score (nSPS) is 9.58. The molecular formula is C20H42O4. The van der Waals surface area contributed by atoms with Crippen LogP contribution in [0, 0.1) is 5.92 Å². The summed E-state index contributed by atoms with van der Waals surface area (Å²) in [4.78, 5) is 18.0. The van der Waals surface area contributed by atoms with E-state index in [0.717, 1.165) is 19.8 Å². The van der Waals surface area contributed by atoms with Crippen molar-refractivity contribution in [2.24, 2.45) is 5.92 Å². The lowest BCUT2D eigenvalue weighted by molar-refractivity contribution is -0.135. The number of aliphatic carboxylic acids is 2. The average Bonchev–Trinajstić information content (AvgIpc) is 2.43. The van der Waals surface area contributed by atoms with Crippen molar-refractivity contribution in [2.75, 3.05) is 0 Å². The van der Waals surface area contributed by atoms with Crippen LogP contribution in [0.3, 0.4) is 0 Å². The third-order valence-electron chi connectivity index (χ3n) is 3.39. The molecule has 0 radical (unpaired) electrons. The highest BCUT2D eigenvalue weighted by molar-refractivity contribution is 5.63. The van der Waals surface area contributed by atoms with Crippen molar-refractivity contribution in [3.63, 3.8) is 0 Å². The highest BCUT2D eigenvalue weighted by atomic mass is 16.4. The van der Waals surface area contributed by atoms with Gasteiger partial charge in [-0.25, -0.2) is 0 Å². The van der Waals surface area contributed by atoms with Gasteiger partial charge in [0, 0.05) is 13.8 Å². The van der Waals surface area contributed by atoms with E-state index < -0.39 is 11.9 Å². The molecule has 0 aliphatic rings. The summed E-state index contributed by atoms with van der Waals surface area (Å²) < 4.78 is 0. The maximum absolute atomic E-state index is 9.00. The van der Waals surface area contributed by atoms with Gasteiger partial charge in [0.1, 0.15) is 0 Å². The molecule has 0 atom stereocenters. The van der Waals surface area contributed by atoms with E-state index in [2.05, 4.69) is 20.8 Å². The molecule has 146 valence electrons. The van der Waals surface area contributed by atoms with Gasteiger partial charge in [0.05, 0.1) is 0 Å². The summed E-state index contributed by atoms with van der Waals surface area (Å²) in [6.07, 6.45) is 17.5. The minimum absolute atomic E-state index is 0.833. The van der Waals surface area contributed by atoms with E-state index in [-0.39, 0.29) is 0 Å². The van der Waals surface area contributed by atoms with Crippen molar-refractivity contribution in [1.82, 2.24) is 0 Å². The molecule has 0 aromatic heterocycles. The summed E-state index contributed by atoms with van der Waals surface area (Å²) in [7, 11) is 0. The number of carboxylic acids is 2. The van der Waals surface area contributed by atoms with Crippen LogP contribution in [0.4, 0.5) is 0 Å². The van der Waals surface area contributed by atoms with Gasteiger partial charge >= 0.3 is 0 Å². The molecule has 0 aromatic rings. The Morgan fingerprint density at radius 2 is 0.917 bits per heavy atom. The lowest BCUT2D eigenvalue weighted by Gasteiger charge is -2.04. The number of hydrogen-bond acceptors (Lipinski definition) is 2. The molecule has 0 heterocycles. The van der Waals surface area contributed by atoms with E-state index in [0.29, 0.717) is 0 Å². The van der Waals surface area contributed by atoms with Crippen molar-refractivity contribution >= 4 is 11.9 Å². The van der Waals surface area contributed by atoms with Crippen molar-refractivity contribution < 1.29 is 19.8 Å². The second-order valence-corrected chi connectivity index (χ2v) is 6.76. The Morgan fingerprint density at radius 1 is 0.667 bits per heavy atom. The first-order valence-electron chi connectivity index (χ1n) is 9.63. The third kappa shape index (κ3) is 58.4. The molecule has 2 N–H and O–H groups in total. The van der Waals surface area contributed by atoms with Crippen LogP contribution < -0.4 is 0 Å². The smallest absolute Gasteiger partial charge is 0.300 e. The number of hydrogen-bond donors (Lipinski definition) is 2. The van der Waals surface area contributed by atoms with Crippen molar-refractivity contribution in [3.05, 3.63) is 0 Å². The first-order valence-corrected chi connectivity index (χ1v) is 9.63. The Hall–Kier alpha value is -1.06. The highest BCUT2D eigenvalue weighted by Gasteiger charge is 1.95. The van der Waals surface area contributed by atoms with Crippen LogP contribution in [0.5, 0.6) is 0 Å². The molecule has 4 heteroatoms. The lowest BCUT2D eigenvalue weighted by atomic mass is 10.0. The van der Waals surface area contributed by atoms with Gasteiger partial charge in [0.25, 0.3) is 11.9 Å². The molecule has 0 unspecified atom stereocenters. The summed E-state index contributed by atoms with van der Waals surface area (Å²) >= 11 is 0. The molecule has 0 rings (SSSR count). The molecule has 0 bridgehead atoms. The van der Waals surface area contributed by atoms with Gasteiger partial charge in [0.2, 0.25) is 0 Å². The zero-order chi connectivity index (χ0) is 19.2. The molecule has 0 fully saturated rings. The van der Waals surface area contributed by atoms with E-state index in [9.17, 15) is 0 Å². The average molecular weight is 347 g/mol. The Labute approximate surface area is 150 Å². The Bertz CT molecular complexity index is 242. The van der Waals surface area contributed by atoms with Crippen LogP contribution in [-0.2, 0) is 9.59 Å². The molecule has 0 aliphatic heterocycles. The Morgan fingerprint density at radius 3 is 1.17 bits per heavy atom. The first kappa shape index (κ1) is 27.8. The van der Waals surface area contributed by atoms with Crippen molar-refractivity contribution in [2.45, 2.75) is 112 Å². The summed E-state index contributed by atoms with van der Waals surface area (Å²) in [6.45, 7) is 9.11. The zero-order valence-corrected chi connectivity index (χ0v) is 16.8.